The molecule has 0 aromatic carbocycles. The standard InChI is InChI=1S/C19H33N5O3/c1-15-6-11-27-16(15)17(25)21-7-5-8-22-18(20-4)23-14-19(2,3)24-9-12-26-13-10-24/h6,11H,5,7-10,12-14H2,1-4H3,(H,21,25)(H2,20,22,23). The van der Waals surface area contributed by atoms with Gasteiger partial charge in [-0.05, 0) is 33.3 Å². The number of amides is 1. The van der Waals surface area contributed by atoms with Crippen molar-refractivity contribution in [3.8, 4) is 0 Å². The van der Waals surface area contributed by atoms with E-state index in [-0.39, 0.29) is 11.4 Å². The summed E-state index contributed by atoms with van der Waals surface area (Å²) >= 11 is 0. The molecule has 152 valence electrons. The Morgan fingerprint density at radius 1 is 1.22 bits per heavy atom. The Morgan fingerprint density at radius 2 is 1.93 bits per heavy atom. The first kappa shape index (κ1) is 21.2. The van der Waals surface area contributed by atoms with Crippen molar-refractivity contribution in [3.63, 3.8) is 0 Å². The fourth-order valence-electron chi connectivity index (χ4n) is 2.98. The summed E-state index contributed by atoms with van der Waals surface area (Å²) in [5, 5.41) is 9.54. The molecule has 0 unspecified atom stereocenters. The van der Waals surface area contributed by atoms with Gasteiger partial charge < -0.3 is 25.1 Å². The lowest BCUT2D eigenvalue weighted by atomic mass is 10.0. The molecule has 0 aliphatic carbocycles. The molecule has 27 heavy (non-hydrogen) atoms. The second-order valence-electron chi connectivity index (χ2n) is 7.31. The second kappa shape index (κ2) is 10.3. The molecule has 8 nitrogen and oxygen atoms in total. The lowest BCUT2D eigenvalue weighted by Gasteiger charge is -2.41. The first-order valence-electron chi connectivity index (χ1n) is 9.53. The van der Waals surface area contributed by atoms with Gasteiger partial charge in [0, 0.05) is 50.9 Å². The molecule has 0 spiro atoms. The summed E-state index contributed by atoms with van der Waals surface area (Å²) in [5.74, 6) is 0.975. The van der Waals surface area contributed by atoms with Crippen LogP contribution in [-0.4, -0.2) is 75.3 Å². The molecular formula is C19H33N5O3. The summed E-state index contributed by atoms with van der Waals surface area (Å²) in [5.41, 5.74) is 0.870. The van der Waals surface area contributed by atoms with Gasteiger partial charge in [-0.1, -0.05) is 0 Å². The van der Waals surface area contributed by atoms with Gasteiger partial charge in [0.25, 0.3) is 5.91 Å². The SMILES string of the molecule is CN=C(NCCCNC(=O)c1occc1C)NCC(C)(C)N1CCOCC1. The van der Waals surface area contributed by atoms with E-state index >= 15 is 0 Å². The number of aryl methyl sites for hydroxylation is 1. The van der Waals surface area contributed by atoms with Gasteiger partial charge in [-0.2, -0.15) is 0 Å². The van der Waals surface area contributed by atoms with E-state index < -0.39 is 0 Å². The zero-order valence-corrected chi connectivity index (χ0v) is 16.9. The predicted octanol–water partition coefficient (Wildman–Crippen LogP) is 0.984. The highest BCUT2D eigenvalue weighted by Gasteiger charge is 2.28. The molecule has 0 atom stereocenters. The molecule has 2 rings (SSSR count). The summed E-state index contributed by atoms with van der Waals surface area (Å²) in [6, 6.07) is 1.78. The number of hydrogen-bond acceptors (Lipinski definition) is 5. The molecule has 1 amide bonds. The van der Waals surface area contributed by atoms with Crippen LogP contribution in [0.5, 0.6) is 0 Å². The lowest BCUT2D eigenvalue weighted by Crippen LogP contribution is -2.56. The lowest BCUT2D eigenvalue weighted by molar-refractivity contribution is -0.00833. The van der Waals surface area contributed by atoms with Crippen LogP contribution in [0, 0.1) is 6.92 Å². The summed E-state index contributed by atoms with van der Waals surface area (Å²) in [4.78, 5) is 18.7. The minimum atomic E-state index is -0.174. The number of guanidine groups is 1. The summed E-state index contributed by atoms with van der Waals surface area (Å²) < 4.78 is 10.6. The average Bonchev–Trinajstić information content (AvgIpc) is 3.10. The number of furan rings is 1. The Labute approximate surface area is 161 Å². The summed E-state index contributed by atoms with van der Waals surface area (Å²) in [7, 11) is 1.76. The van der Waals surface area contributed by atoms with Gasteiger partial charge in [-0.3, -0.25) is 14.7 Å². The van der Waals surface area contributed by atoms with Crippen molar-refractivity contribution in [2.45, 2.75) is 32.7 Å². The highest BCUT2D eigenvalue weighted by atomic mass is 16.5. The highest BCUT2D eigenvalue weighted by molar-refractivity contribution is 5.92. The van der Waals surface area contributed by atoms with Crippen molar-refractivity contribution in [2.24, 2.45) is 4.99 Å². The predicted molar refractivity (Wildman–Crippen MR) is 106 cm³/mol. The number of carbonyl (C=O) groups is 1. The smallest absolute Gasteiger partial charge is 0.287 e. The largest absolute Gasteiger partial charge is 0.459 e. The van der Waals surface area contributed by atoms with E-state index in [0.29, 0.717) is 12.3 Å². The molecular weight excluding hydrogens is 346 g/mol. The van der Waals surface area contributed by atoms with Crippen LogP contribution in [0.2, 0.25) is 0 Å². The van der Waals surface area contributed by atoms with Crippen molar-refractivity contribution in [1.29, 1.82) is 0 Å². The van der Waals surface area contributed by atoms with Gasteiger partial charge in [-0.25, -0.2) is 0 Å². The number of nitrogens with zero attached hydrogens (tertiary/aromatic N) is 2. The molecule has 0 saturated carbocycles. The molecule has 1 aliphatic heterocycles. The van der Waals surface area contributed by atoms with E-state index in [1.54, 1.807) is 13.1 Å². The number of carbonyl (C=O) groups excluding carboxylic acids is 1. The van der Waals surface area contributed by atoms with E-state index in [1.807, 2.05) is 6.92 Å². The highest BCUT2D eigenvalue weighted by Crippen LogP contribution is 2.15. The first-order chi connectivity index (χ1) is 12.9. The molecule has 2 heterocycles. The zero-order chi connectivity index (χ0) is 19.7. The molecule has 1 aromatic rings. The van der Waals surface area contributed by atoms with Gasteiger partial charge in [-0.15, -0.1) is 0 Å². The minimum Gasteiger partial charge on any atom is -0.459 e. The molecule has 1 aromatic heterocycles. The number of aliphatic imine (C=N–C) groups is 1. The van der Waals surface area contributed by atoms with E-state index in [4.69, 9.17) is 9.15 Å². The van der Waals surface area contributed by atoms with Gasteiger partial charge in [0.2, 0.25) is 0 Å². The molecule has 1 saturated heterocycles. The molecule has 3 N–H and O–H groups in total. The van der Waals surface area contributed by atoms with Gasteiger partial charge in [0.05, 0.1) is 19.5 Å². The Hall–Kier alpha value is -2.06. The number of morpholine rings is 1. The van der Waals surface area contributed by atoms with Crippen LogP contribution in [0.4, 0.5) is 0 Å². The molecule has 1 fully saturated rings. The van der Waals surface area contributed by atoms with Crippen molar-refractivity contribution in [2.75, 3.05) is 53.0 Å². The fourth-order valence-corrected chi connectivity index (χ4v) is 2.98. The van der Waals surface area contributed by atoms with Crippen LogP contribution in [0.25, 0.3) is 0 Å². The quantitative estimate of drug-likeness (QED) is 0.354. The maximum Gasteiger partial charge on any atom is 0.287 e. The summed E-state index contributed by atoms with van der Waals surface area (Å²) in [6.45, 7) is 11.9. The van der Waals surface area contributed by atoms with E-state index in [0.717, 1.165) is 57.3 Å². The zero-order valence-electron chi connectivity index (χ0n) is 16.9. The number of rotatable bonds is 8. The van der Waals surface area contributed by atoms with Gasteiger partial charge in [0.1, 0.15) is 0 Å². The minimum absolute atomic E-state index is 0.0241. The third kappa shape index (κ3) is 6.55. The van der Waals surface area contributed by atoms with Gasteiger partial charge >= 0.3 is 0 Å². The molecule has 0 bridgehead atoms. The Morgan fingerprint density at radius 3 is 2.56 bits per heavy atom. The van der Waals surface area contributed by atoms with Crippen LogP contribution >= 0.6 is 0 Å². The van der Waals surface area contributed by atoms with Crippen molar-refractivity contribution in [3.05, 3.63) is 23.7 Å². The van der Waals surface area contributed by atoms with E-state index in [9.17, 15) is 4.79 Å². The maximum absolute atomic E-state index is 12.0. The number of hydrogen-bond donors (Lipinski definition) is 3. The second-order valence-corrected chi connectivity index (χ2v) is 7.31. The first-order valence-corrected chi connectivity index (χ1v) is 9.53. The van der Waals surface area contributed by atoms with Gasteiger partial charge in [0.15, 0.2) is 11.7 Å². The van der Waals surface area contributed by atoms with Crippen LogP contribution in [0.1, 0.15) is 36.4 Å². The Bertz CT molecular complexity index is 621. The fraction of sp³-hybridized carbons (Fsp3) is 0.684. The average molecular weight is 380 g/mol. The van der Waals surface area contributed by atoms with Crippen molar-refractivity contribution >= 4 is 11.9 Å². The number of nitrogens with one attached hydrogen (secondary N) is 3. The third-order valence-corrected chi connectivity index (χ3v) is 4.78. The summed E-state index contributed by atoms with van der Waals surface area (Å²) in [6.07, 6.45) is 2.32. The topological polar surface area (TPSA) is 91.1 Å². The van der Waals surface area contributed by atoms with E-state index in [2.05, 4.69) is 39.7 Å². The van der Waals surface area contributed by atoms with Crippen LogP contribution in [0.15, 0.2) is 21.7 Å². The van der Waals surface area contributed by atoms with E-state index in [1.165, 1.54) is 6.26 Å². The normalized spacial score (nSPS) is 16.2. The Balaban J connectivity index is 1.64. The van der Waals surface area contributed by atoms with Crippen molar-refractivity contribution < 1.29 is 13.9 Å². The Kier molecular flexibility index (Phi) is 8.12. The molecule has 1 aliphatic rings. The number of ether oxygens (including phenoxy) is 1. The van der Waals surface area contributed by atoms with Crippen LogP contribution in [-0.2, 0) is 4.74 Å². The monoisotopic (exact) mass is 379 g/mol. The maximum atomic E-state index is 12.0. The third-order valence-electron chi connectivity index (χ3n) is 4.78. The van der Waals surface area contributed by atoms with Crippen LogP contribution < -0.4 is 16.0 Å². The molecule has 8 heteroatoms. The van der Waals surface area contributed by atoms with Crippen molar-refractivity contribution in [1.82, 2.24) is 20.9 Å². The molecule has 0 radical (unpaired) electrons. The van der Waals surface area contributed by atoms with Crippen LogP contribution in [0.3, 0.4) is 0 Å².